The minimum atomic E-state index is -0.213. The lowest BCUT2D eigenvalue weighted by Crippen LogP contribution is -1.90. The van der Waals surface area contributed by atoms with Crippen LogP contribution in [0.25, 0.3) is 23.1 Å². The molecule has 0 atom stereocenters. The van der Waals surface area contributed by atoms with E-state index in [0.717, 1.165) is 33.8 Å². The molecule has 3 aromatic rings. The maximum atomic E-state index is 10.1. The predicted octanol–water partition coefficient (Wildman–Crippen LogP) is 4.70. The van der Waals surface area contributed by atoms with Crippen molar-refractivity contribution in [1.82, 2.24) is 4.98 Å². The SMILES string of the molecule is COc1ccc(-c2nc(C=C3C(C)=Nc4ccccc43)c(O)o2)cc1. The Hall–Kier alpha value is -3.34. The van der Waals surface area contributed by atoms with Crippen molar-refractivity contribution in [3.8, 4) is 23.1 Å². The number of rotatable bonds is 3. The van der Waals surface area contributed by atoms with E-state index in [4.69, 9.17) is 9.15 Å². The molecule has 0 aliphatic carbocycles. The summed E-state index contributed by atoms with van der Waals surface area (Å²) in [5, 5.41) is 10.1. The predicted molar refractivity (Wildman–Crippen MR) is 97.2 cm³/mol. The van der Waals surface area contributed by atoms with Crippen molar-refractivity contribution in [3.63, 3.8) is 0 Å². The van der Waals surface area contributed by atoms with E-state index in [9.17, 15) is 5.11 Å². The van der Waals surface area contributed by atoms with E-state index >= 15 is 0 Å². The van der Waals surface area contributed by atoms with Crippen LogP contribution in [0.5, 0.6) is 11.7 Å². The van der Waals surface area contributed by atoms with Crippen LogP contribution in [0.4, 0.5) is 5.69 Å². The minimum absolute atomic E-state index is 0.213. The normalized spacial score (nSPS) is 14.5. The molecule has 1 N–H and O–H groups in total. The van der Waals surface area contributed by atoms with Crippen LogP contribution in [0, 0.1) is 0 Å². The van der Waals surface area contributed by atoms with E-state index in [-0.39, 0.29) is 5.95 Å². The van der Waals surface area contributed by atoms with Gasteiger partial charge in [-0.1, -0.05) is 18.2 Å². The number of ether oxygens (including phenoxy) is 1. The molecule has 25 heavy (non-hydrogen) atoms. The highest BCUT2D eigenvalue weighted by Crippen LogP contribution is 2.37. The monoisotopic (exact) mass is 332 g/mol. The number of nitrogens with zero attached hydrogens (tertiary/aromatic N) is 2. The van der Waals surface area contributed by atoms with Crippen LogP contribution in [0.1, 0.15) is 18.2 Å². The van der Waals surface area contributed by atoms with Gasteiger partial charge in [0.1, 0.15) is 11.4 Å². The smallest absolute Gasteiger partial charge is 0.310 e. The molecule has 1 aromatic heterocycles. The first-order valence-corrected chi connectivity index (χ1v) is 7.86. The number of hydrogen-bond donors (Lipinski definition) is 1. The minimum Gasteiger partial charge on any atom is -0.497 e. The highest BCUT2D eigenvalue weighted by Gasteiger charge is 2.20. The Kier molecular flexibility index (Phi) is 3.61. The van der Waals surface area contributed by atoms with Crippen LogP contribution in [-0.4, -0.2) is 22.9 Å². The number of para-hydroxylation sites is 1. The average molecular weight is 332 g/mol. The van der Waals surface area contributed by atoms with Crippen molar-refractivity contribution in [2.75, 3.05) is 7.11 Å². The van der Waals surface area contributed by atoms with Crippen LogP contribution in [0.3, 0.4) is 0 Å². The van der Waals surface area contributed by atoms with Gasteiger partial charge in [-0.3, -0.25) is 4.99 Å². The van der Waals surface area contributed by atoms with Crippen LogP contribution in [0.15, 0.2) is 57.9 Å². The molecule has 2 aromatic carbocycles. The van der Waals surface area contributed by atoms with Crippen LogP contribution < -0.4 is 4.74 Å². The van der Waals surface area contributed by atoms with Crippen molar-refractivity contribution >= 4 is 23.0 Å². The number of aromatic nitrogens is 1. The zero-order valence-electron chi connectivity index (χ0n) is 13.9. The number of methoxy groups -OCH3 is 1. The molecule has 0 saturated carbocycles. The van der Waals surface area contributed by atoms with E-state index in [1.54, 1.807) is 13.2 Å². The van der Waals surface area contributed by atoms with Crippen LogP contribution in [0.2, 0.25) is 0 Å². The highest BCUT2D eigenvalue weighted by atomic mass is 16.5. The molecule has 0 amide bonds. The standard InChI is InChI=1S/C20H16N2O3/c1-12-16(15-5-3-4-6-17(15)21-12)11-18-20(23)25-19(22-18)13-7-9-14(24-2)10-8-13/h3-11,23H,1-2H3. The first-order chi connectivity index (χ1) is 12.2. The summed E-state index contributed by atoms with van der Waals surface area (Å²) in [4.78, 5) is 8.96. The number of benzene rings is 2. The third kappa shape index (κ3) is 2.70. The molecular formula is C20H16N2O3. The van der Waals surface area contributed by atoms with E-state index < -0.39 is 0 Å². The topological polar surface area (TPSA) is 67.9 Å². The van der Waals surface area contributed by atoms with Crippen LogP contribution in [-0.2, 0) is 0 Å². The second-order valence-electron chi connectivity index (χ2n) is 5.71. The summed E-state index contributed by atoms with van der Waals surface area (Å²) in [6.07, 6.45) is 1.80. The number of oxazole rings is 1. The van der Waals surface area contributed by atoms with Gasteiger partial charge in [0.25, 0.3) is 0 Å². The molecule has 124 valence electrons. The van der Waals surface area contributed by atoms with Crippen molar-refractivity contribution in [2.45, 2.75) is 6.92 Å². The Morgan fingerprint density at radius 3 is 2.60 bits per heavy atom. The molecule has 0 fully saturated rings. The first kappa shape index (κ1) is 15.2. The molecule has 0 saturated heterocycles. The lowest BCUT2D eigenvalue weighted by Gasteiger charge is -2.00. The fourth-order valence-electron chi connectivity index (χ4n) is 2.83. The van der Waals surface area contributed by atoms with Gasteiger partial charge in [-0.15, -0.1) is 0 Å². The Morgan fingerprint density at radius 1 is 1.08 bits per heavy atom. The fourth-order valence-corrected chi connectivity index (χ4v) is 2.83. The molecule has 0 bridgehead atoms. The summed E-state index contributed by atoms with van der Waals surface area (Å²) in [7, 11) is 1.61. The van der Waals surface area contributed by atoms with Crippen molar-refractivity contribution in [3.05, 3.63) is 59.8 Å². The number of hydrogen-bond acceptors (Lipinski definition) is 5. The summed E-state index contributed by atoms with van der Waals surface area (Å²) in [5.74, 6) is 0.889. The van der Waals surface area contributed by atoms with Crippen molar-refractivity contribution in [1.29, 1.82) is 0 Å². The Morgan fingerprint density at radius 2 is 1.84 bits per heavy atom. The average Bonchev–Trinajstić information content (AvgIpc) is 3.16. The van der Waals surface area contributed by atoms with E-state index in [2.05, 4.69) is 9.98 Å². The van der Waals surface area contributed by atoms with Crippen LogP contribution >= 0.6 is 0 Å². The summed E-state index contributed by atoms with van der Waals surface area (Å²) in [6, 6.07) is 15.2. The lowest BCUT2D eigenvalue weighted by atomic mass is 10.0. The van der Waals surface area contributed by atoms with E-state index in [1.165, 1.54) is 0 Å². The molecule has 0 unspecified atom stereocenters. The summed E-state index contributed by atoms with van der Waals surface area (Å²) in [5.41, 5.74) is 4.90. The third-order valence-electron chi connectivity index (χ3n) is 4.12. The largest absolute Gasteiger partial charge is 0.497 e. The van der Waals surface area contributed by atoms with Crippen molar-refractivity contribution < 1.29 is 14.3 Å². The molecule has 1 aliphatic rings. The molecule has 0 radical (unpaired) electrons. The molecule has 4 rings (SSSR count). The molecule has 2 heterocycles. The van der Waals surface area contributed by atoms with Gasteiger partial charge in [-0.2, -0.15) is 0 Å². The van der Waals surface area contributed by atoms with E-state index in [1.807, 2.05) is 55.5 Å². The third-order valence-corrected chi connectivity index (χ3v) is 4.12. The molecule has 5 nitrogen and oxygen atoms in total. The lowest BCUT2D eigenvalue weighted by molar-refractivity contribution is 0.336. The zero-order valence-corrected chi connectivity index (χ0v) is 13.9. The van der Waals surface area contributed by atoms with E-state index in [0.29, 0.717) is 11.6 Å². The molecular weight excluding hydrogens is 316 g/mol. The molecule has 5 heteroatoms. The summed E-state index contributed by atoms with van der Waals surface area (Å²) >= 11 is 0. The second kappa shape index (κ2) is 5.94. The molecule has 1 aliphatic heterocycles. The Balaban J connectivity index is 1.73. The summed E-state index contributed by atoms with van der Waals surface area (Å²) in [6.45, 7) is 1.94. The zero-order chi connectivity index (χ0) is 17.4. The first-order valence-electron chi connectivity index (χ1n) is 7.86. The maximum absolute atomic E-state index is 10.1. The second-order valence-corrected chi connectivity index (χ2v) is 5.71. The van der Waals surface area contributed by atoms with Gasteiger partial charge in [0, 0.05) is 22.4 Å². The number of aliphatic imine (C=N–C) groups is 1. The highest BCUT2D eigenvalue weighted by molar-refractivity contribution is 6.31. The summed E-state index contributed by atoms with van der Waals surface area (Å²) < 4.78 is 10.6. The maximum Gasteiger partial charge on any atom is 0.310 e. The van der Waals surface area contributed by atoms with Gasteiger partial charge in [-0.25, -0.2) is 4.98 Å². The van der Waals surface area contributed by atoms with Gasteiger partial charge in [-0.05, 0) is 43.3 Å². The Labute approximate surface area is 144 Å². The quantitative estimate of drug-likeness (QED) is 0.754. The van der Waals surface area contributed by atoms with Gasteiger partial charge in [0.05, 0.1) is 12.8 Å². The van der Waals surface area contributed by atoms with Gasteiger partial charge in [0.15, 0.2) is 0 Å². The van der Waals surface area contributed by atoms with Gasteiger partial charge in [0.2, 0.25) is 5.89 Å². The molecule has 0 spiro atoms. The van der Waals surface area contributed by atoms with Gasteiger partial charge < -0.3 is 14.3 Å². The number of fused-ring (bicyclic) bond motifs is 1. The Bertz CT molecular complexity index is 998. The number of allylic oxidation sites excluding steroid dienone is 1. The van der Waals surface area contributed by atoms with Gasteiger partial charge >= 0.3 is 5.95 Å². The number of aromatic hydroxyl groups is 1. The fraction of sp³-hybridized carbons (Fsp3) is 0.100. The van der Waals surface area contributed by atoms with Crippen molar-refractivity contribution in [2.24, 2.45) is 4.99 Å².